The number of nitrogens with zero attached hydrogens (tertiary/aromatic N) is 2. The molecule has 1 aromatic rings. The van der Waals surface area contributed by atoms with Crippen LogP contribution in [-0.2, 0) is 0 Å². The van der Waals surface area contributed by atoms with Crippen molar-refractivity contribution in [2.24, 2.45) is 0 Å². The molecule has 20 heavy (non-hydrogen) atoms. The normalized spacial score (nSPS) is 17.1. The Morgan fingerprint density at radius 2 is 1.90 bits per heavy atom. The van der Waals surface area contributed by atoms with Gasteiger partial charge < -0.3 is 10.2 Å². The number of nitro groups is 1. The number of anilines is 1. The molecule has 1 saturated heterocycles. The molecule has 7 heteroatoms. The van der Waals surface area contributed by atoms with Crippen LogP contribution >= 0.6 is 23.2 Å². The van der Waals surface area contributed by atoms with Gasteiger partial charge in [-0.15, -0.1) is 0 Å². The van der Waals surface area contributed by atoms with E-state index in [1.807, 2.05) is 6.92 Å². The molecular formula is C13H17Cl2N3O2. The van der Waals surface area contributed by atoms with Gasteiger partial charge in [-0.1, -0.05) is 23.2 Å². The van der Waals surface area contributed by atoms with Crippen molar-refractivity contribution >= 4 is 34.6 Å². The molecule has 1 aliphatic heterocycles. The van der Waals surface area contributed by atoms with E-state index in [0.29, 0.717) is 5.69 Å². The SMILES string of the molecule is CC(CN1CCCC1)Nc1c(Cl)cc([N+](=O)[O-])cc1Cl. The molecule has 1 fully saturated rings. The van der Waals surface area contributed by atoms with Crippen molar-refractivity contribution in [3.8, 4) is 0 Å². The monoisotopic (exact) mass is 317 g/mol. The van der Waals surface area contributed by atoms with Crippen LogP contribution < -0.4 is 5.32 Å². The summed E-state index contributed by atoms with van der Waals surface area (Å²) in [5, 5.41) is 14.5. The van der Waals surface area contributed by atoms with E-state index in [1.54, 1.807) is 0 Å². The van der Waals surface area contributed by atoms with Crippen molar-refractivity contribution in [3.05, 3.63) is 32.3 Å². The maximum Gasteiger partial charge on any atom is 0.272 e. The number of hydrogen-bond donors (Lipinski definition) is 1. The minimum atomic E-state index is -0.505. The van der Waals surface area contributed by atoms with Gasteiger partial charge in [0.25, 0.3) is 5.69 Å². The van der Waals surface area contributed by atoms with Crippen molar-refractivity contribution in [3.63, 3.8) is 0 Å². The van der Waals surface area contributed by atoms with E-state index in [-0.39, 0.29) is 21.8 Å². The van der Waals surface area contributed by atoms with Gasteiger partial charge in [-0.25, -0.2) is 0 Å². The van der Waals surface area contributed by atoms with E-state index in [2.05, 4.69) is 10.2 Å². The standard InChI is InChI=1S/C13H17Cl2N3O2/c1-9(8-17-4-2-3-5-17)16-13-11(14)6-10(18(19)20)7-12(13)15/h6-7,9,16H,2-5,8H2,1H3. The molecule has 5 nitrogen and oxygen atoms in total. The highest BCUT2D eigenvalue weighted by Crippen LogP contribution is 2.35. The molecule has 1 N–H and O–H groups in total. The number of benzene rings is 1. The Morgan fingerprint density at radius 3 is 2.40 bits per heavy atom. The predicted octanol–water partition coefficient (Wildman–Crippen LogP) is 3.80. The van der Waals surface area contributed by atoms with Crippen molar-refractivity contribution in [2.45, 2.75) is 25.8 Å². The van der Waals surface area contributed by atoms with Crippen LogP contribution in [-0.4, -0.2) is 35.5 Å². The van der Waals surface area contributed by atoms with Crippen LogP contribution in [0, 0.1) is 10.1 Å². The summed E-state index contributed by atoms with van der Waals surface area (Å²) in [6.45, 7) is 5.19. The Kier molecular flexibility index (Phi) is 5.07. The van der Waals surface area contributed by atoms with Crippen molar-refractivity contribution in [2.75, 3.05) is 25.0 Å². The molecule has 0 saturated carbocycles. The van der Waals surface area contributed by atoms with Crippen molar-refractivity contribution < 1.29 is 4.92 Å². The highest BCUT2D eigenvalue weighted by Gasteiger charge is 2.18. The van der Waals surface area contributed by atoms with Gasteiger partial charge in [0.1, 0.15) is 0 Å². The second-order valence-corrected chi connectivity index (χ2v) is 5.91. The summed E-state index contributed by atoms with van der Waals surface area (Å²) in [7, 11) is 0. The highest BCUT2D eigenvalue weighted by molar-refractivity contribution is 6.39. The van der Waals surface area contributed by atoms with E-state index in [0.717, 1.165) is 19.6 Å². The quantitative estimate of drug-likeness (QED) is 0.663. The van der Waals surface area contributed by atoms with E-state index >= 15 is 0 Å². The van der Waals surface area contributed by atoms with E-state index < -0.39 is 4.92 Å². The lowest BCUT2D eigenvalue weighted by Gasteiger charge is -2.23. The summed E-state index contributed by atoms with van der Waals surface area (Å²) < 4.78 is 0. The Morgan fingerprint density at radius 1 is 1.35 bits per heavy atom. The Balaban J connectivity index is 2.06. The minimum Gasteiger partial charge on any atom is -0.379 e. The predicted molar refractivity (Wildman–Crippen MR) is 81.9 cm³/mol. The summed E-state index contributed by atoms with van der Waals surface area (Å²) in [4.78, 5) is 12.6. The fourth-order valence-corrected chi connectivity index (χ4v) is 3.03. The lowest BCUT2D eigenvalue weighted by molar-refractivity contribution is -0.384. The molecule has 2 rings (SSSR count). The smallest absolute Gasteiger partial charge is 0.272 e. The van der Waals surface area contributed by atoms with Crippen LogP contribution in [0.3, 0.4) is 0 Å². The van der Waals surface area contributed by atoms with Gasteiger partial charge in [0.15, 0.2) is 0 Å². The first kappa shape index (κ1) is 15.4. The number of likely N-dealkylation sites (tertiary alicyclic amines) is 1. The minimum absolute atomic E-state index is 0.0993. The third kappa shape index (κ3) is 3.75. The fourth-order valence-electron chi connectivity index (χ4n) is 2.45. The molecule has 110 valence electrons. The van der Waals surface area contributed by atoms with E-state index in [4.69, 9.17) is 23.2 Å². The molecule has 0 spiro atoms. The van der Waals surface area contributed by atoms with Crippen molar-refractivity contribution in [1.82, 2.24) is 4.90 Å². The fraction of sp³-hybridized carbons (Fsp3) is 0.538. The van der Waals surface area contributed by atoms with Crippen LogP contribution in [0.15, 0.2) is 12.1 Å². The molecule has 0 bridgehead atoms. The summed E-state index contributed by atoms with van der Waals surface area (Å²) in [5.74, 6) is 0. The Labute approximate surface area is 128 Å². The number of rotatable bonds is 5. The second kappa shape index (κ2) is 6.61. The average molecular weight is 318 g/mol. The molecular weight excluding hydrogens is 301 g/mol. The van der Waals surface area contributed by atoms with Crippen LogP contribution in [0.5, 0.6) is 0 Å². The summed E-state index contributed by atoms with van der Waals surface area (Å²) >= 11 is 12.1. The first-order valence-corrected chi connectivity index (χ1v) is 7.35. The Hall–Kier alpha value is -1.04. The maximum absolute atomic E-state index is 10.7. The molecule has 1 heterocycles. The van der Waals surface area contributed by atoms with Gasteiger partial charge in [-0.05, 0) is 32.9 Å². The van der Waals surface area contributed by atoms with Gasteiger partial charge in [-0.3, -0.25) is 10.1 Å². The lowest BCUT2D eigenvalue weighted by Crippen LogP contribution is -2.33. The number of hydrogen-bond acceptors (Lipinski definition) is 4. The van der Waals surface area contributed by atoms with E-state index in [9.17, 15) is 10.1 Å². The Bertz CT molecular complexity index is 481. The number of halogens is 2. The van der Waals surface area contributed by atoms with Gasteiger partial charge in [0.2, 0.25) is 0 Å². The van der Waals surface area contributed by atoms with Crippen LogP contribution in [0.25, 0.3) is 0 Å². The summed E-state index contributed by atoms with van der Waals surface area (Å²) in [6, 6.07) is 2.81. The first-order chi connectivity index (χ1) is 9.47. The van der Waals surface area contributed by atoms with E-state index in [1.165, 1.54) is 25.0 Å². The second-order valence-electron chi connectivity index (χ2n) is 5.09. The third-order valence-corrected chi connectivity index (χ3v) is 3.96. The van der Waals surface area contributed by atoms with Gasteiger partial charge in [0, 0.05) is 24.7 Å². The summed E-state index contributed by atoms with van der Waals surface area (Å²) in [5.41, 5.74) is 0.461. The zero-order valence-corrected chi connectivity index (χ0v) is 12.7. The molecule has 1 aromatic carbocycles. The molecule has 0 radical (unpaired) electrons. The highest BCUT2D eigenvalue weighted by atomic mass is 35.5. The molecule has 0 amide bonds. The van der Waals surface area contributed by atoms with Gasteiger partial charge in [0.05, 0.1) is 20.7 Å². The van der Waals surface area contributed by atoms with Gasteiger partial charge in [-0.2, -0.15) is 0 Å². The largest absolute Gasteiger partial charge is 0.379 e. The third-order valence-electron chi connectivity index (χ3n) is 3.36. The number of nitrogens with one attached hydrogen (secondary N) is 1. The molecule has 1 aliphatic rings. The topological polar surface area (TPSA) is 58.4 Å². The van der Waals surface area contributed by atoms with Crippen molar-refractivity contribution in [1.29, 1.82) is 0 Å². The van der Waals surface area contributed by atoms with Crippen LogP contribution in [0.1, 0.15) is 19.8 Å². The van der Waals surface area contributed by atoms with Crippen LogP contribution in [0.4, 0.5) is 11.4 Å². The molecule has 0 aliphatic carbocycles. The van der Waals surface area contributed by atoms with Gasteiger partial charge >= 0.3 is 0 Å². The summed E-state index contributed by atoms with van der Waals surface area (Å²) in [6.07, 6.45) is 2.48. The average Bonchev–Trinajstić information content (AvgIpc) is 2.86. The molecule has 1 atom stereocenters. The molecule has 1 unspecified atom stereocenters. The number of nitro benzene ring substituents is 1. The number of non-ortho nitro benzene ring substituents is 1. The maximum atomic E-state index is 10.7. The zero-order valence-electron chi connectivity index (χ0n) is 11.2. The zero-order chi connectivity index (χ0) is 14.7. The lowest BCUT2D eigenvalue weighted by atomic mass is 10.2. The molecule has 0 aromatic heterocycles. The van der Waals surface area contributed by atoms with Crippen LogP contribution in [0.2, 0.25) is 10.0 Å². The first-order valence-electron chi connectivity index (χ1n) is 6.59.